The van der Waals surface area contributed by atoms with E-state index in [0.29, 0.717) is 24.4 Å². The smallest absolute Gasteiger partial charge is 0.243 e. The Kier molecular flexibility index (Phi) is 8.52. The van der Waals surface area contributed by atoms with Crippen LogP contribution in [0.5, 0.6) is 0 Å². The predicted molar refractivity (Wildman–Crippen MR) is 114 cm³/mol. The average molecular weight is 401 g/mol. The van der Waals surface area contributed by atoms with Gasteiger partial charge in [-0.15, -0.1) is 0 Å². The molecule has 0 aliphatic carbocycles. The van der Waals surface area contributed by atoms with E-state index in [2.05, 4.69) is 5.32 Å². The van der Waals surface area contributed by atoms with Crippen molar-refractivity contribution < 1.29 is 9.59 Å². The van der Waals surface area contributed by atoms with Crippen molar-refractivity contribution in [3.63, 3.8) is 0 Å². The van der Waals surface area contributed by atoms with Gasteiger partial charge in [0.1, 0.15) is 6.04 Å². The highest BCUT2D eigenvalue weighted by atomic mass is 35.5. The summed E-state index contributed by atoms with van der Waals surface area (Å²) in [4.78, 5) is 27.7. The first-order valence-corrected chi connectivity index (χ1v) is 10.2. The molecule has 0 aliphatic rings. The molecule has 5 heteroatoms. The molecule has 0 fully saturated rings. The van der Waals surface area contributed by atoms with Gasteiger partial charge in [-0.1, -0.05) is 61.0 Å². The highest BCUT2D eigenvalue weighted by molar-refractivity contribution is 6.30. The third kappa shape index (κ3) is 6.68. The van der Waals surface area contributed by atoms with Crippen LogP contribution in [0.15, 0.2) is 54.6 Å². The predicted octanol–water partition coefficient (Wildman–Crippen LogP) is 4.60. The first-order chi connectivity index (χ1) is 13.4. The maximum atomic E-state index is 13.0. The van der Waals surface area contributed by atoms with Crippen LogP contribution in [0.2, 0.25) is 5.02 Å². The van der Waals surface area contributed by atoms with Gasteiger partial charge in [-0.25, -0.2) is 0 Å². The summed E-state index contributed by atoms with van der Waals surface area (Å²) in [6.45, 7) is 6.20. The Morgan fingerprint density at radius 1 is 1.00 bits per heavy atom. The number of benzene rings is 2. The van der Waals surface area contributed by atoms with Crippen LogP contribution in [0.4, 0.5) is 0 Å². The maximum absolute atomic E-state index is 13.0. The summed E-state index contributed by atoms with van der Waals surface area (Å²) in [6, 6.07) is 16.7. The Morgan fingerprint density at radius 2 is 1.64 bits per heavy atom. The van der Waals surface area contributed by atoms with E-state index in [1.54, 1.807) is 17.0 Å². The monoisotopic (exact) mass is 400 g/mol. The van der Waals surface area contributed by atoms with Crippen molar-refractivity contribution in [1.82, 2.24) is 10.2 Å². The minimum Gasteiger partial charge on any atom is -0.352 e. The lowest BCUT2D eigenvalue weighted by molar-refractivity contribution is -0.141. The molecule has 1 atom stereocenters. The fraction of sp³-hybridized carbons (Fsp3) is 0.391. The van der Waals surface area contributed by atoms with Crippen LogP contribution in [0.25, 0.3) is 0 Å². The quantitative estimate of drug-likeness (QED) is 0.668. The van der Waals surface area contributed by atoms with E-state index in [1.807, 2.05) is 63.2 Å². The molecule has 0 aliphatic heterocycles. The summed E-state index contributed by atoms with van der Waals surface area (Å²) in [5, 5.41) is 3.63. The van der Waals surface area contributed by atoms with Crippen LogP contribution >= 0.6 is 11.6 Å². The normalized spacial score (nSPS) is 11.9. The molecular formula is C23H29ClN2O2. The summed E-state index contributed by atoms with van der Waals surface area (Å²) in [5.74, 6) is -0.144. The third-order valence-electron chi connectivity index (χ3n) is 4.43. The Labute approximate surface area is 172 Å². The van der Waals surface area contributed by atoms with Gasteiger partial charge in [0.05, 0.1) is 0 Å². The minimum atomic E-state index is -0.570. The second kappa shape index (κ2) is 10.9. The maximum Gasteiger partial charge on any atom is 0.243 e. The van der Waals surface area contributed by atoms with Gasteiger partial charge in [-0.3, -0.25) is 9.59 Å². The van der Waals surface area contributed by atoms with Crippen LogP contribution in [-0.2, 0) is 22.6 Å². The van der Waals surface area contributed by atoms with Crippen molar-refractivity contribution >= 4 is 23.4 Å². The fourth-order valence-corrected chi connectivity index (χ4v) is 3.20. The molecule has 150 valence electrons. The molecular weight excluding hydrogens is 372 g/mol. The topological polar surface area (TPSA) is 49.4 Å². The molecule has 2 amide bonds. The lowest BCUT2D eigenvalue weighted by atomic mass is 10.0. The van der Waals surface area contributed by atoms with Crippen LogP contribution in [0.3, 0.4) is 0 Å². The Balaban J connectivity index is 2.35. The van der Waals surface area contributed by atoms with Crippen molar-refractivity contribution in [1.29, 1.82) is 0 Å². The summed E-state index contributed by atoms with van der Waals surface area (Å²) < 4.78 is 0. The van der Waals surface area contributed by atoms with E-state index < -0.39 is 6.04 Å². The van der Waals surface area contributed by atoms with Gasteiger partial charge in [-0.2, -0.15) is 0 Å². The number of carbonyl (C=O) groups excluding carboxylic acids is 2. The molecule has 0 radical (unpaired) electrons. The molecule has 2 rings (SSSR count). The van der Waals surface area contributed by atoms with Crippen molar-refractivity contribution in [2.24, 2.45) is 0 Å². The number of hydrogen-bond donors (Lipinski definition) is 1. The Bertz CT molecular complexity index is 760. The number of carbonyl (C=O) groups is 2. The van der Waals surface area contributed by atoms with Gasteiger partial charge in [-0.05, 0) is 43.5 Å². The van der Waals surface area contributed by atoms with Gasteiger partial charge in [0.15, 0.2) is 0 Å². The highest BCUT2D eigenvalue weighted by Crippen LogP contribution is 2.18. The Hall–Kier alpha value is -2.33. The fourth-order valence-electron chi connectivity index (χ4n) is 3.08. The second-order valence-electron chi connectivity index (χ2n) is 7.27. The van der Waals surface area contributed by atoms with E-state index in [9.17, 15) is 9.59 Å². The van der Waals surface area contributed by atoms with Gasteiger partial charge in [0.2, 0.25) is 11.8 Å². The molecule has 4 nitrogen and oxygen atoms in total. The molecule has 0 unspecified atom stereocenters. The number of halogens is 1. The first-order valence-electron chi connectivity index (χ1n) is 9.79. The number of nitrogens with one attached hydrogen (secondary N) is 1. The zero-order chi connectivity index (χ0) is 20.5. The number of rotatable bonds is 9. The molecule has 2 aromatic carbocycles. The van der Waals surface area contributed by atoms with Crippen molar-refractivity contribution in [2.75, 3.05) is 0 Å². The van der Waals surface area contributed by atoms with Crippen LogP contribution in [-0.4, -0.2) is 28.8 Å². The average Bonchev–Trinajstić information content (AvgIpc) is 2.66. The van der Waals surface area contributed by atoms with Crippen LogP contribution < -0.4 is 5.32 Å². The first kappa shape index (κ1) is 22.0. The largest absolute Gasteiger partial charge is 0.352 e. The van der Waals surface area contributed by atoms with Gasteiger partial charge >= 0.3 is 0 Å². The summed E-state index contributed by atoms with van der Waals surface area (Å²) in [5.41, 5.74) is 1.97. The van der Waals surface area contributed by atoms with Crippen LogP contribution in [0, 0.1) is 0 Å². The molecule has 0 saturated heterocycles. The summed E-state index contributed by atoms with van der Waals surface area (Å²) in [7, 11) is 0. The van der Waals surface area contributed by atoms with E-state index >= 15 is 0 Å². The molecule has 0 spiro atoms. The lowest BCUT2D eigenvalue weighted by Gasteiger charge is -2.32. The SMILES string of the molecule is CCCC(=O)N(Cc1ccc(Cl)cc1)[C@@H](Cc1ccccc1)C(=O)NC(C)C. The number of nitrogens with zero attached hydrogens (tertiary/aromatic N) is 1. The van der Waals surface area contributed by atoms with Crippen LogP contribution in [0.1, 0.15) is 44.7 Å². The molecule has 0 saturated carbocycles. The zero-order valence-corrected chi connectivity index (χ0v) is 17.6. The third-order valence-corrected chi connectivity index (χ3v) is 4.68. The summed E-state index contributed by atoms with van der Waals surface area (Å²) >= 11 is 5.99. The molecule has 0 aromatic heterocycles. The van der Waals surface area contributed by atoms with Crippen molar-refractivity contribution in [3.8, 4) is 0 Å². The summed E-state index contributed by atoms with van der Waals surface area (Å²) in [6.07, 6.45) is 1.62. The standard InChI is InChI=1S/C23H29ClN2O2/c1-4-8-22(27)26(16-19-11-13-20(24)14-12-19)21(23(28)25-17(2)3)15-18-9-6-5-7-10-18/h5-7,9-14,17,21H,4,8,15-16H2,1-3H3,(H,25,28)/t21-/m0/s1. The van der Waals surface area contributed by atoms with E-state index in [4.69, 9.17) is 11.6 Å². The zero-order valence-electron chi connectivity index (χ0n) is 16.8. The molecule has 28 heavy (non-hydrogen) atoms. The van der Waals surface area contributed by atoms with Gasteiger partial charge in [0, 0.05) is 30.5 Å². The van der Waals surface area contributed by atoms with Crippen molar-refractivity contribution in [2.45, 2.75) is 58.7 Å². The minimum absolute atomic E-state index is 0.00410. The van der Waals surface area contributed by atoms with E-state index in [-0.39, 0.29) is 17.9 Å². The van der Waals surface area contributed by atoms with E-state index in [0.717, 1.165) is 17.5 Å². The molecule has 0 bridgehead atoms. The molecule has 0 heterocycles. The molecule has 2 aromatic rings. The number of amides is 2. The van der Waals surface area contributed by atoms with Gasteiger partial charge in [0.25, 0.3) is 0 Å². The second-order valence-corrected chi connectivity index (χ2v) is 7.70. The lowest BCUT2D eigenvalue weighted by Crippen LogP contribution is -2.51. The van der Waals surface area contributed by atoms with Gasteiger partial charge < -0.3 is 10.2 Å². The Morgan fingerprint density at radius 3 is 2.21 bits per heavy atom. The highest BCUT2D eigenvalue weighted by Gasteiger charge is 2.30. The van der Waals surface area contributed by atoms with E-state index in [1.165, 1.54) is 0 Å². The molecule has 1 N–H and O–H groups in total. The number of hydrogen-bond acceptors (Lipinski definition) is 2. The van der Waals surface area contributed by atoms with Crippen molar-refractivity contribution in [3.05, 3.63) is 70.7 Å².